The Balaban J connectivity index is 0.925. The third kappa shape index (κ3) is 6.69. The molecule has 2 aliphatic rings. The van der Waals surface area contributed by atoms with E-state index in [1.54, 1.807) is 0 Å². The molecule has 3 aromatic carbocycles. The molecule has 0 saturated carbocycles. The molecule has 0 bridgehead atoms. The van der Waals surface area contributed by atoms with Crippen LogP contribution in [0.5, 0.6) is 0 Å². The first-order chi connectivity index (χ1) is 19.6. The van der Waals surface area contributed by atoms with Gasteiger partial charge in [-0.25, -0.2) is 0 Å². The number of likely N-dealkylation sites (tertiary alicyclic amines) is 1. The predicted octanol–water partition coefficient (Wildman–Crippen LogP) is 5.59. The lowest BCUT2D eigenvalue weighted by atomic mass is 9.96. The minimum Gasteiger partial charge on any atom is -0.352 e. The lowest BCUT2D eigenvalue weighted by molar-refractivity contribution is -0.126. The Morgan fingerprint density at radius 1 is 0.875 bits per heavy atom. The van der Waals surface area contributed by atoms with E-state index in [-0.39, 0.29) is 11.8 Å². The van der Waals surface area contributed by atoms with Crippen molar-refractivity contribution in [3.8, 4) is 11.4 Å². The molecular weight excluding hydrogens is 566 g/mol. The number of benzene rings is 3. The number of amides is 1. The van der Waals surface area contributed by atoms with Crippen LogP contribution in [0.15, 0.2) is 81.8 Å². The fraction of sp³-hybridized carbons (Fsp3) is 0.344. The fourth-order valence-corrected chi connectivity index (χ4v) is 5.89. The number of halogens is 1. The molecule has 6 rings (SSSR count). The molecule has 1 amide bonds. The summed E-state index contributed by atoms with van der Waals surface area (Å²) in [6.45, 7) is 5.90. The lowest BCUT2D eigenvalue weighted by Gasteiger charge is -2.30. The molecular formula is C32H34BrN5O2. The molecule has 1 aromatic heterocycles. The van der Waals surface area contributed by atoms with Crippen LogP contribution in [-0.2, 0) is 37.4 Å². The first-order valence-electron chi connectivity index (χ1n) is 14.0. The summed E-state index contributed by atoms with van der Waals surface area (Å²) < 4.78 is 6.50. The van der Waals surface area contributed by atoms with Crippen molar-refractivity contribution in [2.75, 3.05) is 19.6 Å². The third-order valence-corrected chi connectivity index (χ3v) is 8.52. The Labute approximate surface area is 243 Å². The van der Waals surface area contributed by atoms with Crippen LogP contribution in [0.1, 0.15) is 41.0 Å². The predicted molar refractivity (Wildman–Crippen MR) is 158 cm³/mol. The summed E-state index contributed by atoms with van der Waals surface area (Å²) in [5, 5.41) is 7.28. The maximum absolute atomic E-state index is 12.9. The molecule has 206 valence electrons. The van der Waals surface area contributed by atoms with Crippen molar-refractivity contribution in [1.82, 2.24) is 25.3 Å². The molecule has 1 fully saturated rings. The van der Waals surface area contributed by atoms with Crippen LogP contribution in [0.4, 0.5) is 0 Å². The first kappa shape index (κ1) is 26.9. The van der Waals surface area contributed by atoms with Gasteiger partial charge in [0.25, 0.3) is 0 Å². The summed E-state index contributed by atoms with van der Waals surface area (Å²) in [6, 6.07) is 25.3. The molecule has 0 spiro atoms. The normalized spacial score (nSPS) is 16.5. The zero-order chi connectivity index (χ0) is 27.3. The Morgan fingerprint density at radius 2 is 1.60 bits per heavy atom. The number of aromatic nitrogens is 2. The van der Waals surface area contributed by atoms with Crippen LogP contribution in [0.3, 0.4) is 0 Å². The van der Waals surface area contributed by atoms with Gasteiger partial charge in [0.05, 0.1) is 6.54 Å². The number of hydrogen-bond donors (Lipinski definition) is 1. The van der Waals surface area contributed by atoms with E-state index in [1.165, 1.54) is 16.7 Å². The zero-order valence-electron chi connectivity index (χ0n) is 22.6. The highest BCUT2D eigenvalue weighted by atomic mass is 79.9. The van der Waals surface area contributed by atoms with Gasteiger partial charge in [-0.1, -0.05) is 69.6 Å². The van der Waals surface area contributed by atoms with Crippen LogP contribution < -0.4 is 5.32 Å². The van der Waals surface area contributed by atoms with Crippen molar-refractivity contribution in [3.63, 3.8) is 0 Å². The maximum atomic E-state index is 12.9. The van der Waals surface area contributed by atoms with Crippen molar-refractivity contribution >= 4 is 21.8 Å². The average molecular weight is 601 g/mol. The van der Waals surface area contributed by atoms with Gasteiger partial charge in [0, 0.05) is 42.1 Å². The average Bonchev–Trinajstić information content (AvgIpc) is 3.46. The van der Waals surface area contributed by atoms with Gasteiger partial charge in [0.1, 0.15) is 0 Å². The minimum atomic E-state index is 0.0403. The highest BCUT2D eigenvalue weighted by molar-refractivity contribution is 9.10. The fourth-order valence-electron chi connectivity index (χ4n) is 5.62. The third-order valence-electron chi connectivity index (χ3n) is 7.99. The van der Waals surface area contributed by atoms with Gasteiger partial charge < -0.3 is 9.84 Å². The molecule has 0 radical (unpaired) electrons. The molecule has 2 aliphatic heterocycles. The van der Waals surface area contributed by atoms with E-state index in [2.05, 4.69) is 89.7 Å². The number of piperidine rings is 1. The SMILES string of the molecule is O=C(NCc1ccc(CN2CCc3ccccc3C2)cc1)C1CCN(Cc2nc(-c3ccc(Br)cc3)no2)CC1. The summed E-state index contributed by atoms with van der Waals surface area (Å²) in [5.41, 5.74) is 6.30. The molecule has 40 heavy (non-hydrogen) atoms. The second kappa shape index (κ2) is 12.5. The summed E-state index contributed by atoms with van der Waals surface area (Å²) in [5.74, 6) is 1.39. The van der Waals surface area contributed by atoms with E-state index in [9.17, 15) is 4.79 Å². The highest BCUT2D eigenvalue weighted by Crippen LogP contribution is 2.23. The molecule has 7 nitrogen and oxygen atoms in total. The van der Waals surface area contributed by atoms with Gasteiger partial charge in [0.2, 0.25) is 17.6 Å². The van der Waals surface area contributed by atoms with Gasteiger partial charge in [0.15, 0.2) is 0 Å². The van der Waals surface area contributed by atoms with Crippen LogP contribution >= 0.6 is 15.9 Å². The summed E-state index contributed by atoms with van der Waals surface area (Å²) in [6.07, 6.45) is 2.78. The van der Waals surface area contributed by atoms with Crippen LogP contribution in [0.25, 0.3) is 11.4 Å². The van der Waals surface area contributed by atoms with Gasteiger partial charge in [-0.15, -0.1) is 0 Å². The van der Waals surface area contributed by atoms with E-state index in [4.69, 9.17) is 4.52 Å². The number of nitrogens with zero attached hydrogens (tertiary/aromatic N) is 4. The second-order valence-electron chi connectivity index (χ2n) is 10.8. The van der Waals surface area contributed by atoms with E-state index < -0.39 is 0 Å². The second-order valence-corrected chi connectivity index (χ2v) is 11.7. The topological polar surface area (TPSA) is 74.5 Å². The van der Waals surface area contributed by atoms with Crippen molar-refractivity contribution in [1.29, 1.82) is 0 Å². The number of fused-ring (bicyclic) bond motifs is 1. The van der Waals surface area contributed by atoms with Crippen molar-refractivity contribution in [3.05, 3.63) is 105 Å². The van der Waals surface area contributed by atoms with E-state index in [0.29, 0.717) is 24.8 Å². The van der Waals surface area contributed by atoms with E-state index in [0.717, 1.165) is 67.6 Å². The molecule has 0 atom stereocenters. The summed E-state index contributed by atoms with van der Waals surface area (Å²) in [4.78, 5) is 22.2. The number of nitrogens with one attached hydrogen (secondary N) is 1. The highest BCUT2D eigenvalue weighted by Gasteiger charge is 2.26. The summed E-state index contributed by atoms with van der Waals surface area (Å²) in [7, 11) is 0. The number of carbonyl (C=O) groups excluding carboxylic acids is 1. The monoisotopic (exact) mass is 599 g/mol. The van der Waals surface area contributed by atoms with Gasteiger partial charge >= 0.3 is 0 Å². The van der Waals surface area contributed by atoms with Crippen LogP contribution in [0, 0.1) is 5.92 Å². The van der Waals surface area contributed by atoms with E-state index >= 15 is 0 Å². The zero-order valence-corrected chi connectivity index (χ0v) is 24.1. The summed E-state index contributed by atoms with van der Waals surface area (Å²) >= 11 is 3.45. The Bertz CT molecular complexity index is 1430. The van der Waals surface area contributed by atoms with Crippen LogP contribution in [0.2, 0.25) is 0 Å². The molecule has 0 unspecified atom stereocenters. The molecule has 0 aliphatic carbocycles. The Hall–Kier alpha value is -3.33. The van der Waals surface area contributed by atoms with Crippen LogP contribution in [-0.4, -0.2) is 45.5 Å². The lowest BCUT2D eigenvalue weighted by Crippen LogP contribution is -2.40. The van der Waals surface area contributed by atoms with Gasteiger partial charge in [-0.3, -0.25) is 14.6 Å². The number of hydrogen-bond acceptors (Lipinski definition) is 6. The molecule has 3 heterocycles. The number of carbonyl (C=O) groups is 1. The minimum absolute atomic E-state index is 0.0403. The van der Waals surface area contributed by atoms with Gasteiger partial charge in [-0.05, 0) is 78.9 Å². The molecule has 8 heteroatoms. The smallest absolute Gasteiger partial charge is 0.241 e. The molecule has 1 N–H and O–H groups in total. The largest absolute Gasteiger partial charge is 0.352 e. The molecule has 4 aromatic rings. The van der Waals surface area contributed by atoms with Crippen molar-refractivity contribution < 1.29 is 9.32 Å². The van der Waals surface area contributed by atoms with Gasteiger partial charge in [-0.2, -0.15) is 4.98 Å². The van der Waals surface area contributed by atoms with E-state index in [1.807, 2.05) is 24.3 Å². The van der Waals surface area contributed by atoms with Crippen molar-refractivity contribution in [2.24, 2.45) is 5.92 Å². The first-order valence-corrected chi connectivity index (χ1v) is 14.8. The maximum Gasteiger partial charge on any atom is 0.241 e. The quantitative estimate of drug-likeness (QED) is 0.285. The molecule has 1 saturated heterocycles. The Morgan fingerprint density at radius 3 is 2.38 bits per heavy atom. The van der Waals surface area contributed by atoms with Crippen molar-refractivity contribution in [2.45, 2.75) is 45.4 Å². The Kier molecular flexibility index (Phi) is 8.37. The number of rotatable bonds is 8. The standard InChI is InChI=1S/C32H34BrN5O2/c33-29-11-9-26(10-12-29)31-35-30(40-36-31)22-37-16-14-27(15-17-37)32(39)34-19-23-5-7-24(8-6-23)20-38-18-13-25-3-1-2-4-28(25)21-38/h1-12,27H,13-22H2,(H,34,39).